The van der Waals surface area contributed by atoms with Gasteiger partial charge < -0.3 is 63.2 Å². The first kappa shape index (κ1) is 50.0. The van der Waals surface area contributed by atoms with Gasteiger partial charge in [-0.25, -0.2) is 4.79 Å². The van der Waals surface area contributed by atoms with Crippen molar-refractivity contribution in [3.8, 4) is 5.75 Å². The van der Waals surface area contributed by atoms with Gasteiger partial charge in [0, 0.05) is 12.8 Å². The van der Waals surface area contributed by atoms with Gasteiger partial charge in [0.15, 0.2) is 0 Å². The summed E-state index contributed by atoms with van der Waals surface area (Å²) >= 11 is 0. The Bertz CT molecular complexity index is 1780. The first-order valence-corrected chi connectivity index (χ1v) is 19.3. The topological polar surface area (TPSA) is 336 Å². The third-order valence-electron chi connectivity index (χ3n) is 9.16. The molecule has 20 heteroatoms. The summed E-state index contributed by atoms with van der Waals surface area (Å²) in [7, 11) is 0. The Labute approximate surface area is 347 Å². The Morgan fingerprint density at radius 2 is 1.17 bits per heavy atom. The second-order valence-corrected chi connectivity index (χ2v) is 14.8. The highest BCUT2D eigenvalue weighted by Gasteiger charge is 2.34. The highest BCUT2D eigenvalue weighted by molar-refractivity contribution is 5.97. The third kappa shape index (κ3) is 17.4. The van der Waals surface area contributed by atoms with Crippen molar-refractivity contribution in [1.29, 1.82) is 0 Å². The van der Waals surface area contributed by atoms with Crippen LogP contribution in [0.2, 0.25) is 0 Å². The molecule has 0 fully saturated rings. The van der Waals surface area contributed by atoms with E-state index in [0.717, 1.165) is 5.56 Å². The number of nitrogens with one attached hydrogen (secondary N) is 6. The summed E-state index contributed by atoms with van der Waals surface area (Å²) in [6, 6.07) is 4.40. The van der Waals surface area contributed by atoms with Crippen LogP contribution in [0.15, 0.2) is 54.6 Å². The molecule has 0 aromatic heterocycles. The summed E-state index contributed by atoms with van der Waals surface area (Å²) in [6.45, 7) is 4.94. The van der Waals surface area contributed by atoms with Crippen molar-refractivity contribution < 1.29 is 63.9 Å². The maximum atomic E-state index is 13.8. The molecule has 0 aliphatic carbocycles. The zero-order valence-electron chi connectivity index (χ0n) is 33.9. The number of aliphatic carboxylic acids is 2. The molecule has 0 radical (unpaired) electrons. The number of carboxylic acids is 2. The number of nitrogens with two attached hydrogens (primary N) is 1. The molecule has 0 saturated heterocycles. The monoisotopic (exact) mass is 843 g/mol. The second kappa shape index (κ2) is 24.7. The highest BCUT2D eigenvalue weighted by atomic mass is 16.4. The first-order valence-electron chi connectivity index (χ1n) is 19.3. The van der Waals surface area contributed by atoms with Crippen molar-refractivity contribution in [2.45, 2.75) is 115 Å². The minimum absolute atomic E-state index is 0.0932. The van der Waals surface area contributed by atoms with E-state index in [9.17, 15) is 63.9 Å². The molecule has 0 aliphatic rings. The van der Waals surface area contributed by atoms with Crippen molar-refractivity contribution >= 4 is 47.4 Å². The zero-order chi connectivity index (χ0) is 45.1. The molecule has 0 bridgehead atoms. The lowest BCUT2D eigenvalue weighted by Crippen LogP contribution is -2.61. The molecule has 2 rings (SSSR count). The fourth-order valence-corrected chi connectivity index (χ4v) is 5.75. The van der Waals surface area contributed by atoms with Gasteiger partial charge in [-0.15, -0.1) is 0 Å². The number of aliphatic hydroxyl groups is 2. The van der Waals surface area contributed by atoms with Gasteiger partial charge in [0.25, 0.3) is 0 Å². The van der Waals surface area contributed by atoms with E-state index < -0.39 is 115 Å². The van der Waals surface area contributed by atoms with Gasteiger partial charge in [-0.2, -0.15) is 0 Å². The van der Waals surface area contributed by atoms with Crippen LogP contribution < -0.4 is 37.6 Å². The fourth-order valence-electron chi connectivity index (χ4n) is 5.75. The zero-order valence-corrected chi connectivity index (χ0v) is 33.9. The number of aliphatic hydroxyl groups excluding tert-OH is 2. The number of carboxylic acid groups (broad SMARTS) is 2. The van der Waals surface area contributed by atoms with E-state index in [1.54, 1.807) is 13.8 Å². The molecule has 20 nitrogen and oxygen atoms in total. The summed E-state index contributed by atoms with van der Waals surface area (Å²) < 4.78 is 0. The van der Waals surface area contributed by atoms with Crippen LogP contribution in [0.3, 0.4) is 0 Å². The molecule has 0 unspecified atom stereocenters. The smallest absolute Gasteiger partial charge is 0.326 e. The number of benzene rings is 2. The first-order chi connectivity index (χ1) is 28.2. The minimum Gasteiger partial charge on any atom is -0.508 e. The lowest BCUT2D eigenvalue weighted by molar-refractivity contribution is -0.142. The Hall–Kier alpha value is -6.12. The van der Waals surface area contributed by atoms with Crippen LogP contribution in [0.25, 0.3) is 0 Å². The van der Waals surface area contributed by atoms with Crippen LogP contribution in [0.4, 0.5) is 0 Å². The molecule has 2 aromatic carbocycles. The number of phenolic OH excluding ortho intramolecular Hbond substituents is 1. The fraction of sp³-hybridized carbons (Fsp3) is 0.500. The normalized spacial score (nSPS) is 15.1. The van der Waals surface area contributed by atoms with E-state index in [1.165, 1.54) is 38.1 Å². The predicted molar refractivity (Wildman–Crippen MR) is 215 cm³/mol. The largest absolute Gasteiger partial charge is 0.508 e. The van der Waals surface area contributed by atoms with Crippen molar-refractivity contribution in [1.82, 2.24) is 31.9 Å². The molecule has 13 N–H and O–H groups in total. The summed E-state index contributed by atoms with van der Waals surface area (Å²) in [5.41, 5.74) is 7.33. The molecule has 0 spiro atoms. The van der Waals surface area contributed by atoms with Crippen molar-refractivity contribution in [3.63, 3.8) is 0 Å². The Morgan fingerprint density at radius 1 is 0.617 bits per heavy atom. The van der Waals surface area contributed by atoms with Crippen molar-refractivity contribution in [2.24, 2.45) is 11.7 Å². The second-order valence-electron chi connectivity index (χ2n) is 14.8. The van der Waals surface area contributed by atoms with Gasteiger partial charge in [0.05, 0.1) is 18.8 Å². The van der Waals surface area contributed by atoms with Crippen LogP contribution in [0.5, 0.6) is 5.75 Å². The molecule has 60 heavy (non-hydrogen) atoms. The van der Waals surface area contributed by atoms with Crippen LogP contribution in [-0.4, -0.2) is 128 Å². The standard InChI is InChI=1S/C40H57N7O13/c1-21(2)18-30(40(59)60)45-34(53)22(3)42-36(55)28(16-17-32(51)52)43-37(56)29(19-25-10-13-26(50)14-11-25)44-38(57)31(20-48)46-39(58)33(23(4)49)47-35(54)27(41)15-12-24-8-6-5-7-9-24/h5-11,13-14,21-23,27-31,33,48-50H,12,15-20,41H2,1-4H3,(H,42,55)(H,43,56)(H,44,57)(H,45,53)(H,46,58)(H,47,54)(H,51,52)(H,59,60)/t22-,23+,27-,28-,29-,30-,31-,33-/m0/s1. The van der Waals surface area contributed by atoms with Crippen molar-refractivity contribution in [2.75, 3.05) is 6.61 Å². The van der Waals surface area contributed by atoms with Gasteiger partial charge >= 0.3 is 11.9 Å². The number of hydrogen-bond donors (Lipinski definition) is 12. The van der Waals surface area contributed by atoms with E-state index in [2.05, 4.69) is 31.9 Å². The molecule has 0 heterocycles. The molecule has 0 saturated carbocycles. The van der Waals surface area contributed by atoms with Crippen molar-refractivity contribution in [3.05, 3.63) is 65.7 Å². The number of hydrogen-bond acceptors (Lipinski definition) is 12. The van der Waals surface area contributed by atoms with Crippen LogP contribution in [-0.2, 0) is 51.2 Å². The van der Waals surface area contributed by atoms with E-state index in [0.29, 0.717) is 12.0 Å². The minimum atomic E-state index is -1.76. The number of rotatable bonds is 25. The average Bonchev–Trinajstić information content (AvgIpc) is 3.19. The molecule has 2 aromatic rings. The van der Waals surface area contributed by atoms with E-state index in [1.807, 2.05) is 30.3 Å². The third-order valence-corrected chi connectivity index (χ3v) is 9.16. The molecule has 0 aliphatic heterocycles. The Morgan fingerprint density at radius 3 is 1.72 bits per heavy atom. The van der Waals surface area contributed by atoms with Crippen LogP contribution in [0.1, 0.15) is 64.5 Å². The highest BCUT2D eigenvalue weighted by Crippen LogP contribution is 2.13. The summed E-state index contributed by atoms with van der Waals surface area (Å²) in [5.74, 6) is -8.72. The Kier molecular flexibility index (Phi) is 20.6. The van der Waals surface area contributed by atoms with E-state index in [-0.39, 0.29) is 30.9 Å². The quantitative estimate of drug-likeness (QED) is 0.0525. The summed E-state index contributed by atoms with van der Waals surface area (Å²) in [4.78, 5) is 103. The number of carbonyl (C=O) groups is 8. The number of carbonyl (C=O) groups excluding carboxylic acids is 6. The molecule has 6 amide bonds. The molecular weight excluding hydrogens is 786 g/mol. The number of aryl methyl sites for hydroxylation is 1. The van der Waals surface area contributed by atoms with Gasteiger partial charge in [-0.1, -0.05) is 56.3 Å². The average molecular weight is 844 g/mol. The van der Waals surface area contributed by atoms with Crippen LogP contribution >= 0.6 is 0 Å². The predicted octanol–water partition coefficient (Wildman–Crippen LogP) is -1.81. The van der Waals surface area contributed by atoms with Gasteiger partial charge in [0.1, 0.15) is 42.0 Å². The molecule has 8 atom stereocenters. The lowest BCUT2D eigenvalue weighted by atomic mass is 10.0. The lowest BCUT2D eigenvalue weighted by Gasteiger charge is -2.27. The molecule has 330 valence electrons. The Balaban J connectivity index is 2.26. The SMILES string of the molecule is CC(C)C[C@H](NC(=O)[C@H](C)NC(=O)[C@H](CCC(=O)O)NC(=O)[C@H](Cc1ccc(O)cc1)NC(=O)[C@H](CO)NC(=O)[C@@H](NC(=O)[C@@H](N)CCc1ccccc1)[C@@H](C)O)C(=O)O. The van der Waals surface area contributed by atoms with Gasteiger partial charge in [-0.05, 0) is 68.7 Å². The van der Waals surface area contributed by atoms with E-state index in [4.69, 9.17) is 5.73 Å². The van der Waals surface area contributed by atoms with Gasteiger partial charge in [-0.3, -0.25) is 33.6 Å². The number of amides is 6. The maximum Gasteiger partial charge on any atom is 0.326 e. The molecular formula is C40H57N7O13. The van der Waals surface area contributed by atoms with E-state index >= 15 is 0 Å². The number of phenols is 1. The van der Waals surface area contributed by atoms with Gasteiger partial charge in [0.2, 0.25) is 35.4 Å². The summed E-state index contributed by atoms with van der Waals surface area (Å²) in [6.07, 6.45) is -2.15. The van der Waals surface area contributed by atoms with Crippen LogP contribution in [0, 0.1) is 5.92 Å². The summed E-state index contributed by atoms with van der Waals surface area (Å²) in [5, 5.41) is 63.1. The number of aromatic hydroxyl groups is 1. The maximum absolute atomic E-state index is 13.8.